The van der Waals surface area contributed by atoms with Gasteiger partial charge in [-0.15, -0.1) is 0 Å². The van der Waals surface area contributed by atoms with Crippen LogP contribution in [0.1, 0.15) is 12.5 Å². The molecule has 0 unspecified atom stereocenters. The van der Waals surface area contributed by atoms with Gasteiger partial charge in [-0.25, -0.2) is 0 Å². The summed E-state index contributed by atoms with van der Waals surface area (Å²) in [5.41, 5.74) is 8.23. The Labute approximate surface area is 99.4 Å². The lowest BCUT2D eigenvalue weighted by Gasteiger charge is -2.14. The van der Waals surface area contributed by atoms with Crippen molar-refractivity contribution in [3.05, 3.63) is 23.8 Å². The van der Waals surface area contributed by atoms with Crippen molar-refractivity contribution in [1.29, 1.82) is 0 Å². The van der Waals surface area contributed by atoms with Crippen molar-refractivity contribution in [1.82, 2.24) is 0 Å². The van der Waals surface area contributed by atoms with Crippen molar-refractivity contribution >= 4 is 34.6 Å². The van der Waals surface area contributed by atoms with Crippen LogP contribution in [-0.2, 0) is 11.2 Å². The number of anilines is 2. The van der Waals surface area contributed by atoms with Crippen molar-refractivity contribution in [3.63, 3.8) is 0 Å². The Bertz CT molecular complexity index is 459. The van der Waals surface area contributed by atoms with Crippen LogP contribution in [0.25, 0.3) is 0 Å². The molecular formula is C11H13N3OS. The van der Waals surface area contributed by atoms with Gasteiger partial charge in [-0.05, 0) is 42.9 Å². The number of fused-ring (bicyclic) bond motifs is 1. The number of hydrogen-bond donors (Lipinski definition) is 2. The molecule has 1 aliphatic rings. The summed E-state index contributed by atoms with van der Waals surface area (Å²) in [4.78, 5) is 13.4. The minimum atomic E-state index is 0.143. The van der Waals surface area contributed by atoms with Gasteiger partial charge < -0.3 is 16.0 Å². The summed E-state index contributed by atoms with van der Waals surface area (Å²) in [7, 11) is 0. The number of nitrogens with one attached hydrogen (secondary N) is 1. The number of thiocarbonyl (C=S) groups is 1. The third kappa shape index (κ3) is 1.86. The van der Waals surface area contributed by atoms with Crippen LogP contribution in [-0.4, -0.2) is 17.6 Å². The van der Waals surface area contributed by atoms with E-state index in [1.54, 1.807) is 4.90 Å². The second-order valence-electron chi connectivity index (χ2n) is 3.65. The predicted octanol–water partition coefficient (Wildman–Crippen LogP) is 1.25. The largest absolute Gasteiger partial charge is 0.376 e. The predicted molar refractivity (Wildman–Crippen MR) is 68.6 cm³/mol. The van der Waals surface area contributed by atoms with Crippen LogP contribution >= 0.6 is 12.2 Å². The van der Waals surface area contributed by atoms with Crippen molar-refractivity contribution < 1.29 is 4.79 Å². The SMILES string of the molecule is CCN1C(=O)Cc2cc(NC(N)=S)ccc21. The normalized spacial score (nSPS) is 13.8. The molecule has 0 bridgehead atoms. The third-order valence-electron chi connectivity index (χ3n) is 2.60. The van der Waals surface area contributed by atoms with E-state index < -0.39 is 0 Å². The van der Waals surface area contributed by atoms with Crippen LogP contribution in [0.2, 0.25) is 0 Å². The van der Waals surface area contributed by atoms with Gasteiger partial charge in [-0.2, -0.15) is 0 Å². The number of benzene rings is 1. The standard InChI is InChI=1S/C11H13N3OS/c1-2-14-9-4-3-8(13-11(12)16)5-7(9)6-10(14)15/h3-5H,2,6H2,1H3,(H3,12,13,16). The molecule has 0 atom stereocenters. The quantitative estimate of drug-likeness (QED) is 0.757. The van der Waals surface area contributed by atoms with E-state index in [4.69, 9.17) is 18.0 Å². The second-order valence-corrected chi connectivity index (χ2v) is 4.09. The number of likely N-dealkylation sites (N-methyl/N-ethyl adjacent to an activating group) is 1. The number of nitrogens with two attached hydrogens (primary N) is 1. The van der Waals surface area contributed by atoms with Crippen LogP contribution in [0.15, 0.2) is 18.2 Å². The highest BCUT2D eigenvalue weighted by atomic mass is 32.1. The van der Waals surface area contributed by atoms with Crippen LogP contribution in [0.3, 0.4) is 0 Å². The molecular weight excluding hydrogens is 222 g/mol. The average molecular weight is 235 g/mol. The molecule has 1 aliphatic heterocycles. The Morgan fingerprint density at radius 3 is 3.00 bits per heavy atom. The zero-order chi connectivity index (χ0) is 11.7. The van der Waals surface area contributed by atoms with E-state index in [1.807, 2.05) is 25.1 Å². The van der Waals surface area contributed by atoms with Gasteiger partial charge in [-0.3, -0.25) is 4.79 Å². The molecule has 1 heterocycles. The first-order valence-corrected chi connectivity index (χ1v) is 5.52. The van der Waals surface area contributed by atoms with Crippen molar-refractivity contribution in [2.75, 3.05) is 16.8 Å². The molecule has 1 amide bonds. The molecule has 2 rings (SSSR count). The zero-order valence-corrected chi connectivity index (χ0v) is 9.80. The molecule has 0 saturated carbocycles. The van der Waals surface area contributed by atoms with Gasteiger partial charge in [0.15, 0.2) is 5.11 Å². The number of nitrogens with zero attached hydrogens (tertiary/aromatic N) is 1. The molecule has 5 heteroatoms. The molecule has 4 nitrogen and oxygen atoms in total. The maximum atomic E-state index is 11.7. The van der Waals surface area contributed by atoms with Gasteiger partial charge >= 0.3 is 0 Å². The summed E-state index contributed by atoms with van der Waals surface area (Å²) in [6, 6.07) is 5.71. The monoisotopic (exact) mass is 235 g/mol. The zero-order valence-electron chi connectivity index (χ0n) is 8.99. The average Bonchev–Trinajstić information content (AvgIpc) is 2.51. The van der Waals surface area contributed by atoms with E-state index in [-0.39, 0.29) is 11.0 Å². The minimum absolute atomic E-state index is 0.143. The van der Waals surface area contributed by atoms with Gasteiger partial charge in [0.05, 0.1) is 6.42 Å². The first kappa shape index (κ1) is 10.9. The van der Waals surface area contributed by atoms with Crippen LogP contribution in [0, 0.1) is 0 Å². The van der Waals surface area contributed by atoms with E-state index in [0.717, 1.165) is 16.9 Å². The third-order valence-corrected chi connectivity index (χ3v) is 2.70. The Balaban J connectivity index is 2.32. The maximum absolute atomic E-state index is 11.7. The highest BCUT2D eigenvalue weighted by Crippen LogP contribution is 2.30. The van der Waals surface area contributed by atoms with Gasteiger partial charge in [0.2, 0.25) is 5.91 Å². The summed E-state index contributed by atoms with van der Waals surface area (Å²) >= 11 is 4.76. The fourth-order valence-corrected chi connectivity index (χ4v) is 2.07. The second kappa shape index (κ2) is 4.09. The summed E-state index contributed by atoms with van der Waals surface area (Å²) in [6.45, 7) is 2.67. The molecule has 0 aromatic heterocycles. The molecule has 0 saturated heterocycles. The topological polar surface area (TPSA) is 58.4 Å². The molecule has 1 aromatic rings. The lowest BCUT2D eigenvalue weighted by atomic mass is 10.1. The van der Waals surface area contributed by atoms with E-state index in [2.05, 4.69) is 5.32 Å². The number of rotatable bonds is 2. The molecule has 3 N–H and O–H groups in total. The summed E-state index contributed by atoms with van der Waals surface area (Å²) in [6.07, 6.45) is 0.454. The number of hydrogen-bond acceptors (Lipinski definition) is 2. The molecule has 16 heavy (non-hydrogen) atoms. The first-order chi connectivity index (χ1) is 7.61. The van der Waals surface area contributed by atoms with E-state index >= 15 is 0 Å². The maximum Gasteiger partial charge on any atom is 0.231 e. The van der Waals surface area contributed by atoms with Crippen molar-refractivity contribution in [2.45, 2.75) is 13.3 Å². The van der Waals surface area contributed by atoms with Crippen molar-refractivity contribution in [3.8, 4) is 0 Å². The van der Waals surface area contributed by atoms with Gasteiger partial charge in [0.1, 0.15) is 0 Å². The number of amides is 1. The number of carbonyl (C=O) groups excluding carboxylic acids is 1. The van der Waals surface area contributed by atoms with E-state index in [1.165, 1.54) is 0 Å². The lowest BCUT2D eigenvalue weighted by molar-refractivity contribution is -0.117. The summed E-state index contributed by atoms with van der Waals surface area (Å²) in [5.74, 6) is 0.143. The smallest absolute Gasteiger partial charge is 0.231 e. The lowest BCUT2D eigenvalue weighted by Crippen LogP contribution is -2.25. The van der Waals surface area contributed by atoms with Crippen molar-refractivity contribution in [2.24, 2.45) is 5.73 Å². The Hall–Kier alpha value is -1.62. The van der Waals surface area contributed by atoms with E-state index in [9.17, 15) is 4.79 Å². The molecule has 0 aliphatic carbocycles. The Morgan fingerprint density at radius 2 is 2.38 bits per heavy atom. The molecule has 1 aromatic carbocycles. The van der Waals surface area contributed by atoms with Crippen LogP contribution in [0.4, 0.5) is 11.4 Å². The molecule has 0 radical (unpaired) electrons. The minimum Gasteiger partial charge on any atom is -0.376 e. The molecule has 0 spiro atoms. The molecule has 0 fully saturated rings. The highest BCUT2D eigenvalue weighted by molar-refractivity contribution is 7.80. The summed E-state index contributed by atoms with van der Waals surface area (Å²) < 4.78 is 0. The highest BCUT2D eigenvalue weighted by Gasteiger charge is 2.25. The first-order valence-electron chi connectivity index (χ1n) is 5.11. The molecule has 84 valence electrons. The Morgan fingerprint density at radius 1 is 1.62 bits per heavy atom. The summed E-state index contributed by atoms with van der Waals surface area (Å²) in [5, 5.41) is 3.09. The van der Waals surface area contributed by atoms with Crippen LogP contribution in [0.5, 0.6) is 0 Å². The van der Waals surface area contributed by atoms with Gasteiger partial charge in [-0.1, -0.05) is 0 Å². The van der Waals surface area contributed by atoms with Crippen LogP contribution < -0.4 is 16.0 Å². The fraction of sp³-hybridized carbons (Fsp3) is 0.273. The van der Waals surface area contributed by atoms with Gasteiger partial charge in [0, 0.05) is 17.9 Å². The number of carbonyl (C=O) groups is 1. The Kier molecular flexibility index (Phi) is 2.78. The van der Waals surface area contributed by atoms with Gasteiger partial charge in [0.25, 0.3) is 0 Å². The fourth-order valence-electron chi connectivity index (χ4n) is 1.95. The van der Waals surface area contributed by atoms with E-state index in [0.29, 0.717) is 13.0 Å².